The number of benzene rings is 1. The average Bonchev–Trinajstić information content (AvgIpc) is 2.08. The quantitative estimate of drug-likeness (QED) is 0.780. The van der Waals surface area contributed by atoms with Crippen molar-refractivity contribution >= 4 is 12.4 Å². The zero-order valence-electron chi connectivity index (χ0n) is 9.16. The van der Waals surface area contributed by atoms with Crippen LogP contribution in [0.4, 0.5) is 0 Å². The summed E-state index contributed by atoms with van der Waals surface area (Å²) in [6.45, 7) is 7.66. The molecule has 0 saturated carbocycles. The van der Waals surface area contributed by atoms with Crippen LogP contribution >= 0.6 is 12.4 Å². The van der Waals surface area contributed by atoms with Crippen LogP contribution in [0.1, 0.15) is 30.5 Å². The molecule has 0 aliphatic carbocycles. The van der Waals surface area contributed by atoms with Crippen LogP contribution in [0.25, 0.3) is 0 Å². The Bertz CT molecular complexity index is 349. The van der Waals surface area contributed by atoms with Crippen LogP contribution in [0.5, 0.6) is 5.75 Å². The molecule has 84 valence electrons. The number of hydrogen-bond acceptors (Lipinski definition) is 2. The topological polar surface area (TPSA) is 46.2 Å². The van der Waals surface area contributed by atoms with Crippen molar-refractivity contribution in [3.63, 3.8) is 0 Å². The van der Waals surface area contributed by atoms with Gasteiger partial charge in [0.05, 0.1) is 0 Å². The van der Waals surface area contributed by atoms with Crippen molar-refractivity contribution in [1.82, 2.24) is 0 Å². The minimum Gasteiger partial charge on any atom is -0.508 e. The lowest BCUT2D eigenvalue weighted by molar-refractivity contribution is 0.470. The lowest BCUT2D eigenvalue weighted by atomic mass is 9.99. The molecule has 0 aromatic heterocycles. The van der Waals surface area contributed by atoms with Gasteiger partial charge in [-0.05, 0) is 37.5 Å². The van der Waals surface area contributed by atoms with E-state index in [4.69, 9.17) is 5.73 Å². The first-order valence-electron chi connectivity index (χ1n) is 4.70. The molecule has 2 nitrogen and oxygen atoms in total. The monoisotopic (exact) mass is 227 g/mol. The number of hydrogen-bond donors (Lipinski definition) is 2. The highest BCUT2D eigenvalue weighted by atomic mass is 35.5. The van der Waals surface area contributed by atoms with Gasteiger partial charge in [0.1, 0.15) is 5.75 Å². The summed E-state index contributed by atoms with van der Waals surface area (Å²) in [5.74, 6) is 0.316. The molecule has 0 heterocycles. The van der Waals surface area contributed by atoms with Gasteiger partial charge in [-0.3, -0.25) is 0 Å². The molecule has 0 bridgehead atoms. The number of halogens is 1. The van der Waals surface area contributed by atoms with E-state index in [2.05, 4.69) is 6.58 Å². The summed E-state index contributed by atoms with van der Waals surface area (Å²) in [5.41, 5.74) is 8.95. The lowest BCUT2D eigenvalue weighted by Gasteiger charge is -2.12. The molecule has 0 aliphatic rings. The van der Waals surface area contributed by atoms with E-state index in [1.54, 1.807) is 6.07 Å². The molecule has 1 aromatic rings. The molecule has 3 heteroatoms. The van der Waals surface area contributed by atoms with E-state index in [-0.39, 0.29) is 18.4 Å². The van der Waals surface area contributed by atoms with Crippen LogP contribution in [0.15, 0.2) is 30.4 Å². The number of rotatable bonds is 3. The lowest BCUT2D eigenvalue weighted by Crippen LogP contribution is -2.10. The maximum absolute atomic E-state index is 9.35. The number of aromatic hydroxyl groups is 1. The van der Waals surface area contributed by atoms with Crippen molar-refractivity contribution in [3.05, 3.63) is 41.5 Å². The largest absolute Gasteiger partial charge is 0.508 e. The number of aryl methyl sites for hydroxylation is 1. The average molecular weight is 228 g/mol. The Morgan fingerprint density at radius 1 is 1.53 bits per heavy atom. The molecule has 0 spiro atoms. The maximum Gasteiger partial charge on any atom is 0.118 e. The zero-order valence-corrected chi connectivity index (χ0v) is 9.97. The summed E-state index contributed by atoms with van der Waals surface area (Å²) in [6.07, 6.45) is 0.782. The van der Waals surface area contributed by atoms with E-state index in [1.807, 2.05) is 26.0 Å². The van der Waals surface area contributed by atoms with Gasteiger partial charge in [-0.2, -0.15) is 0 Å². The van der Waals surface area contributed by atoms with Gasteiger partial charge < -0.3 is 10.8 Å². The predicted octanol–water partition coefficient (Wildman–Crippen LogP) is 3.09. The van der Waals surface area contributed by atoms with Crippen LogP contribution in [-0.4, -0.2) is 5.11 Å². The molecule has 1 rings (SSSR count). The fraction of sp³-hybridized carbons (Fsp3) is 0.333. The van der Waals surface area contributed by atoms with Crippen LogP contribution in [0.2, 0.25) is 0 Å². The summed E-state index contributed by atoms with van der Waals surface area (Å²) in [7, 11) is 0. The molecular weight excluding hydrogens is 210 g/mol. The molecule has 1 aromatic carbocycles. The summed E-state index contributed by atoms with van der Waals surface area (Å²) in [4.78, 5) is 0. The zero-order chi connectivity index (χ0) is 10.7. The standard InChI is InChI=1S/C12H17NO.ClH/c1-8(2)6-11(13)10-4-5-12(14)9(3)7-10;/h4-5,7,11,14H,1,6,13H2,2-3H3;1H/t11-;/m1./s1. The number of nitrogens with two attached hydrogens (primary N) is 1. The molecule has 0 radical (unpaired) electrons. The van der Waals surface area contributed by atoms with E-state index in [0.717, 1.165) is 23.1 Å². The van der Waals surface area contributed by atoms with Crippen molar-refractivity contribution in [2.45, 2.75) is 26.3 Å². The van der Waals surface area contributed by atoms with Gasteiger partial charge in [0.25, 0.3) is 0 Å². The highest BCUT2D eigenvalue weighted by Crippen LogP contribution is 2.23. The summed E-state index contributed by atoms with van der Waals surface area (Å²) in [5, 5.41) is 9.35. The molecule has 3 N–H and O–H groups in total. The minimum atomic E-state index is -0.0215. The Hall–Kier alpha value is -0.990. The first-order chi connectivity index (χ1) is 6.50. The third-order valence-corrected chi connectivity index (χ3v) is 2.22. The third kappa shape index (κ3) is 3.94. The van der Waals surface area contributed by atoms with E-state index >= 15 is 0 Å². The van der Waals surface area contributed by atoms with Crippen molar-refractivity contribution in [2.24, 2.45) is 5.73 Å². The second-order valence-corrected chi connectivity index (χ2v) is 3.81. The van der Waals surface area contributed by atoms with Gasteiger partial charge in [-0.1, -0.05) is 17.7 Å². The third-order valence-electron chi connectivity index (χ3n) is 2.22. The summed E-state index contributed by atoms with van der Waals surface area (Å²) < 4.78 is 0. The Kier molecular flexibility index (Phi) is 5.40. The molecule has 0 fully saturated rings. The molecular formula is C12H18ClNO. The SMILES string of the molecule is C=C(C)C[C@@H](N)c1ccc(O)c(C)c1.Cl. The molecule has 0 aliphatic heterocycles. The summed E-state index contributed by atoms with van der Waals surface area (Å²) >= 11 is 0. The molecule has 15 heavy (non-hydrogen) atoms. The van der Waals surface area contributed by atoms with E-state index < -0.39 is 0 Å². The van der Waals surface area contributed by atoms with Crippen LogP contribution in [-0.2, 0) is 0 Å². The minimum absolute atomic E-state index is 0. The highest BCUT2D eigenvalue weighted by Gasteiger charge is 2.07. The van der Waals surface area contributed by atoms with Crippen LogP contribution in [0.3, 0.4) is 0 Å². The van der Waals surface area contributed by atoms with Gasteiger partial charge in [0.15, 0.2) is 0 Å². The van der Waals surface area contributed by atoms with Gasteiger partial charge in [0.2, 0.25) is 0 Å². The molecule has 0 amide bonds. The first-order valence-corrected chi connectivity index (χ1v) is 4.70. The smallest absolute Gasteiger partial charge is 0.118 e. The van der Waals surface area contributed by atoms with Gasteiger partial charge >= 0.3 is 0 Å². The Balaban J connectivity index is 0.00000196. The van der Waals surface area contributed by atoms with E-state index in [9.17, 15) is 5.11 Å². The van der Waals surface area contributed by atoms with E-state index in [1.165, 1.54) is 0 Å². The number of phenols is 1. The molecule has 1 atom stereocenters. The maximum atomic E-state index is 9.35. The highest BCUT2D eigenvalue weighted by molar-refractivity contribution is 5.85. The molecule has 0 unspecified atom stereocenters. The van der Waals surface area contributed by atoms with Crippen LogP contribution in [0, 0.1) is 6.92 Å². The number of phenolic OH excluding ortho intramolecular Hbond substituents is 1. The Morgan fingerprint density at radius 2 is 2.13 bits per heavy atom. The molecule has 0 saturated heterocycles. The van der Waals surface area contributed by atoms with Gasteiger partial charge in [-0.25, -0.2) is 0 Å². The van der Waals surface area contributed by atoms with E-state index in [0.29, 0.717) is 5.75 Å². The van der Waals surface area contributed by atoms with Crippen molar-refractivity contribution in [3.8, 4) is 5.75 Å². The van der Waals surface area contributed by atoms with Crippen molar-refractivity contribution < 1.29 is 5.11 Å². The second-order valence-electron chi connectivity index (χ2n) is 3.81. The van der Waals surface area contributed by atoms with Crippen molar-refractivity contribution in [1.29, 1.82) is 0 Å². The second kappa shape index (κ2) is 5.79. The fourth-order valence-electron chi connectivity index (χ4n) is 1.40. The van der Waals surface area contributed by atoms with Gasteiger partial charge in [0, 0.05) is 6.04 Å². The van der Waals surface area contributed by atoms with Crippen molar-refractivity contribution in [2.75, 3.05) is 0 Å². The fourth-order valence-corrected chi connectivity index (χ4v) is 1.40. The normalized spacial score (nSPS) is 11.7. The predicted molar refractivity (Wildman–Crippen MR) is 66.5 cm³/mol. The van der Waals surface area contributed by atoms with Gasteiger partial charge in [-0.15, -0.1) is 19.0 Å². The first kappa shape index (κ1) is 14.0. The Morgan fingerprint density at radius 3 is 2.60 bits per heavy atom. The summed E-state index contributed by atoms with van der Waals surface area (Å²) in [6, 6.07) is 5.44. The Labute approximate surface area is 97.2 Å². The van der Waals surface area contributed by atoms with Crippen LogP contribution < -0.4 is 5.73 Å².